The summed E-state index contributed by atoms with van der Waals surface area (Å²) in [6.07, 6.45) is 4.39. The molecule has 0 spiro atoms. The Labute approximate surface area is 76.7 Å². The normalized spacial score (nSPS) is 62.2. The molecule has 2 bridgehead atoms. The number of fused-ring (bicyclic) bond motifs is 8. The fraction of sp³-hybridized carbons (Fsp3) is 0.800. The zero-order valence-electron chi connectivity index (χ0n) is 7.26. The maximum atomic E-state index is 5.75. The highest BCUT2D eigenvalue weighted by Crippen LogP contribution is 2.59. The van der Waals surface area contributed by atoms with Crippen molar-refractivity contribution in [1.82, 2.24) is 0 Å². The summed E-state index contributed by atoms with van der Waals surface area (Å²) >= 11 is 0. The summed E-state index contributed by atoms with van der Waals surface area (Å²) in [5.41, 5.74) is 0. The van der Waals surface area contributed by atoms with Gasteiger partial charge in [-0.25, -0.2) is 0 Å². The summed E-state index contributed by atoms with van der Waals surface area (Å²) < 4.78 is 17.0. The first kappa shape index (κ1) is 6.98. The number of hydrogen-bond donors (Lipinski definition) is 0. The maximum absolute atomic E-state index is 5.75. The van der Waals surface area contributed by atoms with Gasteiger partial charge in [0.2, 0.25) is 0 Å². The molecule has 1 unspecified atom stereocenters. The largest absolute Gasteiger partial charge is 0.369 e. The van der Waals surface area contributed by atoms with Crippen LogP contribution >= 0.6 is 0 Å². The van der Waals surface area contributed by atoms with Crippen LogP contribution in [0.4, 0.5) is 0 Å². The third kappa shape index (κ3) is 0.685. The molecule has 13 heavy (non-hydrogen) atoms. The number of ether oxygens (including phenoxy) is 3. The second kappa shape index (κ2) is 2.00. The van der Waals surface area contributed by atoms with E-state index < -0.39 is 0 Å². The quantitative estimate of drug-likeness (QED) is 0.439. The van der Waals surface area contributed by atoms with Crippen LogP contribution in [-0.4, -0.2) is 30.7 Å². The van der Waals surface area contributed by atoms with E-state index in [2.05, 4.69) is 6.58 Å². The maximum Gasteiger partial charge on any atom is 0.177 e. The summed E-state index contributed by atoms with van der Waals surface area (Å²) in [7, 11) is 0. The molecule has 0 amide bonds. The number of hydrogen-bond acceptors (Lipinski definition) is 3. The molecule has 0 radical (unpaired) electrons. The lowest BCUT2D eigenvalue weighted by Crippen LogP contribution is -2.33. The summed E-state index contributed by atoms with van der Waals surface area (Å²) in [6, 6.07) is 0. The first-order chi connectivity index (χ1) is 6.38. The van der Waals surface area contributed by atoms with Crippen LogP contribution in [0.1, 0.15) is 6.42 Å². The molecule has 4 fully saturated rings. The zero-order valence-corrected chi connectivity index (χ0v) is 7.26. The van der Waals surface area contributed by atoms with E-state index in [9.17, 15) is 0 Å². The highest BCUT2D eigenvalue weighted by Gasteiger charge is 2.70. The van der Waals surface area contributed by atoms with Gasteiger partial charge >= 0.3 is 0 Å². The van der Waals surface area contributed by atoms with E-state index in [1.165, 1.54) is 6.42 Å². The number of rotatable bonds is 1. The van der Waals surface area contributed by atoms with Gasteiger partial charge in [0, 0.05) is 11.8 Å². The molecule has 70 valence electrons. The Morgan fingerprint density at radius 2 is 1.46 bits per heavy atom. The van der Waals surface area contributed by atoms with Crippen molar-refractivity contribution in [3.63, 3.8) is 0 Å². The Morgan fingerprint density at radius 3 is 2.00 bits per heavy atom. The van der Waals surface area contributed by atoms with Crippen molar-refractivity contribution in [3.05, 3.63) is 12.7 Å². The van der Waals surface area contributed by atoms with Crippen molar-refractivity contribution < 1.29 is 14.2 Å². The van der Waals surface area contributed by atoms with E-state index >= 15 is 0 Å². The molecule has 3 heteroatoms. The molecule has 0 aromatic carbocycles. The van der Waals surface area contributed by atoms with Crippen LogP contribution in [0.25, 0.3) is 0 Å². The van der Waals surface area contributed by atoms with Crippen molar-refractivity contribution in [1.29, 1.82) is 0 Å². The van der Waals surface area contributed by atoms with E-state index in [1.54, 1.807) is 6.08 Å². The van der Waals surface area contributed by atoms with Crippen LogP contribution in [0.2, 0.25) is 0 Å². The molecule has 4 rings (SSSR count). The van der Waals surface area contributed by atoms with Crippen LogP contribution in [0.15, 0.2) is 12.7 Å². The summed E-state index contributed by atoms with van der Waals surface area (Å²) in [4.78, 5) is 0. The predicted octanol–water partition coefficient (Wildman–Crippen LogP) is 0.700. The first-order valence-electron chi connectivity index (χ1n) is 4.97. The molecular weight excluding hydrogens is 168 g/mol. The van der Waals surface area contributed by atoms with Crippen LogP contribution in [0, 0.1) is 11.8 Å². The fourth-order valence-corrected chi connectivity index (χ4v) is 3.35. The predicted molar refractivity (Wildman–Crippen MR) is 44.0 cm³/mol. The molecule has 0 aromatic rings. The monoisotopic (exact) mass is 180 g/mol. The highest BCUT2D eigenvalue weighted by atomic mass is 16.7. The van der Waals surface area contributed by atoms with Gasteiger partial charge in [-0.05, 0) is 12.5 Å². The van der Waals surface area contributed by atoms with Crippen LogP contribution in [-0.2, 0) is 14.2 Å². The van der Waals surface area contributed by atoms with Gasteiger partial charge in [0.1, 0.15) is 0 Å². The molecule has 2 heterocycles. The van der Waals surface area contributed by atoms with Crippen molar-refractivity contribution in [2.24, 2.45) is 11.8 Å². The summed E-state index contributed by atoms with van der Waals surface area (Å²) in [6.45, 7) is 3.69. The Morgan fingerprint density at radius 1 is 0.923 bits per heavy atom. The third-order valence-electron chi connectivity index (χ3n) is 3.89. The molecule has 2 saturated carbocycles. The molecule has 0 N–H and O–H groups in total. The molecule has 2 aliphatic heterocycles. The minimum absolute atomic E-state index is 0.169. The Hall–Kier alpha value is -0.380. The molecular formula is C10H12O3. The van der Waals surface area contributed by atoms with E-state index in [4.69, 9.17) is 14.2 Å². The smallest absolute Gasteiger partial charge is 0.177 e. The first-order valence-corrected chi connectivity index (χ1v) is 4.97. The zero-order chi connectivity index (χ0) is 8.58. The lowest BCUT2D eigenvalue weighted by Gasteiger charge is -2.17. The second-order valence-corrected chi connectivity index (χ2v) is 4.43. The molecule has 4 aliphatic rings. The minimum atomic E-state index is -0.169. The molecule has 2 saturated heterocycles. The van der Waals surface area contributed by atoms with Gasteiger partial charge in [-0.3, -0.25) is 0 Å². The van der Waals surface area contributed by atoms with E-state index in [0.717, 1.165) is 0 Å². The molecule has 0 aromatic heterocycles. The third-order valence-corrected chi connectivity index (χ3v) is 3.89. The van der Waals surface area contributed by atoms with Crippen molar-refractivity contribution in [2.75, 3.05) is 0 Å². The van der Waals surface area contributed by atoms with Gasteiger partial charge < -0.3 is 14.2 Å². The van der Waals surface area contributed by atoms with Gasteiger partial charge in [-0.15, -0.1) is 0 Å². The van der Waals surface area contributed by atoms with Gasteiger partial charge in [-0.1, -0.05) is 6.58 Å². The van der Waals surface area contributed by atoms with Gasteiger partial charge in [0.05, 0.1) is 24.4 Å². The van der Waals surface area contributed by atoms with Crippen LogP contribution in [0.3, 0.4) is 0 Å². The minimum Gasteiger partial charge on any atom is -0.369 e. The lowest BCUT2D eigenvalue weighted by atomic mass is 9.95. The van der Waals surface area contributed by atoms with Crippen LogP contribution in [0.5, 0.6) is 0 Å². The van der Waals surface area contributed by atoms with E-state index in [0.29, 0.717) is 24.0 Å². The van der Waals surface area contributed by atoms with Gasteiger partial charge in [0.25, 0.3) is 0 Å². The average Bonchev–Trinajstić information content (AvgIpc) is 2.59. The van der Waals surface area contributed by atoms with Gasteiger partial charge in [-0.2, -0.15) is 0 Å². The van der Waals surface area contributed by atoms with Crippen LogP contribution < -0.4 is 0 Å². The summed E-state index contributed by atoms with van der Waals surface area (Å²) in [5.74, 6) is 1.20. The van der Waals surface area contributed by atoms with E-state index in [-0.39, 0.29) is 18.5 Å². The van der Waals surface area contributed by atoms with Crippen molar-refractivity contribution in [2.45, 2.75) is 37.1 Å². The molecule has 3 nitrogen and oxygen atoms in total. The Bertz CT molecular complexity index is 255. The second-order valence-electron chi connectivity index (χ2n) is 4.43. The van der Waals surface area contributed by atoms with Gasteiger partial charge in [0.15, 0.2) is 6.29 Å². The SMILES string of the molecule is C=CC1O[C@@H]2[C@@H]3C[C@H]([C@H]4O[C@H]34)[C@@H]2O1. The Kier molecular flexibility index (Phi) is 1.07. The van der Waals surface area contributed by atoms with Crippen molar-refractivity contribution >= 4 is 0 Å². The number of epoxide rings is 1. The van der Waals surface area contributed by atoms with E-state index in [1.807, 2.05) is 0 Å². The lowest BCUT2D eigenvalue weighted by molar-refractivity contribution is -0.0536. The highest BCUT2D eigenvalue weighted by molar-refractivity contribution is 5.17. The van der Waals surface area contributed by atoms with Crippen molar-refractivity contribution in [3.8, 4) is 0 Å². The molecule has 7 atom stereocenters. The average molecular weight is 180 g/mol. The standard InChI is InChI=1S/C10H12O3/c1-2-6-11-7-4-3-5(8(7)12-6)10-9(4)13-10/h2,4-10H,1,3H2/t4-,5-,6?,7-,8+,9+,10+/m0/s1. The fourth-order valence-electron chi connectivity index (χ4n) is 3.35. The molecule has 2 aliphatic carbocycles. The Balaban J connectivity index is 1.67. The topological polar surface area (TPSA) is 31.0 Å². The summed E-state index contributed by atoms with van der Waals surface area (Å²) in [5, 5.41) is 0.